The molecule has 3 aromatic rings. The predicted molar refractivity (Wildman–Crippen MR) is 96.0 cm³/mol. The van der Waals surface area contributed by atoms with Gasteiger partial charge in [-0.2, -0.15) is 0 Å². The van der Waals surface area contributed by atoms with Crippen molar-refractivity contribution in [1.29, 1.82) is 0 Å². The van der Waals surface area contributed by atoms with Crippen LogP contribution >= 0.6 is 0 Å². The second-order valence-electron chi connectivity index (χ2n) is 7.17. The van der Waals surface area contributed by atoms with Gasteiger partial charge < -0.3 is 14.8 Å². The maximum absolute atomic E-state index is 4.53. The van der Waals surface area contributed by atoms with Crippen LogP contribution in [0.1, 0.15) is 0 Å². The number of nitrogens with one attached hydrogen (secondary N) is 1. The van der Waals surface area contributed by atoms with Crippen molar-refractivity contribution in [3.05, 3.63) is 42.6 Å². The number of hydrogen-bond acceptors (Lipinski definition) is 4. The number of nitrogens with zero attached hydrogens (tertiary/aromatic N) is 4. The maximum Gasteiger partial charge on any atom is 0.151 e. The quantitative estimate of drug-likeness (QED) is 0.789. The van der Waals surface area contributed by atoms with E-state index in [9.17, 15) is 0 Å². The van der Waals surface area contributed by atoms with Crippen molar-refractivity contribution < 1.29 is 0 Å². The van der Waals surface area contributed by atoms with Gasteiger partial charge in [0.15, 0.2) is 5.82 Å². The standard InChI is InChI=1S/C19H21N5/c1-23-9-13-11-24(12-14(13)10-23)19-6-5-18(21-22-19)15-3-2-4-17-16(15)7-8-20-17/h2-8,13-14,20H,9-12H2,1H3. The third-order valence-electron chi connectivity index (χ3n) is 5.51. The first-order chi connectivity index (χ1) is 11.8. The number of benzene rings is 1. The maximum atomic E-state index is 4.53. The molecule has 0 amide bonds. The van der Waals surface area contributed by atoms with Crippen LogP contribution in [0.25, 0.3) is 22.2 Å². The number of aromatic nitrogens is 3. The average Bonchev–Trinajstić information content (AvgIpc) is 3.28. The molecule has 1 N–H and O–H groups in total. The van der Waals surface area contributed by atoms with Gasteiger partial charge in [-0.25, -0.2) is 0 Å². The van der Waals surface area contributed by atoms with Crippen LogP contribution in [0, 0.1) is 11.8 Å². The number of aromatic amines is 1. The lowest BCUT2D eigenvalue weighted by Gasteiger charge is -2.19. The largest absolute Gasteiger partial charge is 0.361 e. The fraction of sp³-hybridized carbons (Fsp3) is 0.368. The second-order valence-corrected chi connectivity index (χ2v) is 7.17. The van der Waals surface area contributed by atoms with Crippen molar-refractivity contribution >= 4 is 16.7 Å². The van der Waals surface area contributed by atoms with Crippen LogP contribution in [-0.2, 0) is 0 Å². The minimum absolute atomic E-state index is 0.782. The van der Waals surface area contributed by atoms with Gasteiger partial charge in [0.2, 0.25) is 0 Å². The first-order valence-electron chi connectivity index (χ1n) is 8.61. The zero-order valence-corrected chi connectivity index (χ0v) is 13.8. The molecular weight excluding hydrogens is 298 g/mol. The SMILES string of the molecule is CN1CC2CN(c3ccc(-c4cccc5[nH]ccc45)nn3)CC2C1. The van der Waals surface area contributed by atoms with E-state index in [0.717, 1.165) is 47.5 Å². The lowest BCUT2D eigenvalue weighted by molar-refractivity contribution is 0.387. The van der Waals surface area contributed by atoms with Crippen molar-refractivity contribution in [2.24, 2.45) is 11.8 Å². The summed E-state index contributed by atoms with van der Waals surface area (Å²) in [4.78, 5) is 8.09. The Morgan fingerprint density at radius 1 is 0.958 bits per heavy atom. The molecular formula is C19H21N5. The van der Waals surface area contributed by atoms with Gasteiger partial charge in [-0.1, -0.05) is 12.1 Å². The van der Waals surface area contributed by atoms with Crippen LogP contribution < -0.4 is 4.90 Å². The molecule has 2 atom stereocenters. The zero-order chi connectivity index (χ0) is 16.1. The minimum atomic E-state index is 0.782. The number of rotatable bonds is 2. The van der Waals surface area contributed by atoms with E-state index in [1.54, 1.807) is 0 Å². The second kappa shape index (κ2) is 5.31. The van der Waals surface area contributed by atoms with E-state index in [4.69, 9.17) is 0 Å². The molecule has 5 heteroatoms. The molecule has 2 aliphatic rings. The monoisotopic (exact) mass is 319 g/mol. The van der Waals surface area contributed by atoms with Crippen molar-refractivity contribution in [3.8, 4) is 11.3 Å². The van der Waals surface area contributed by atoms with Gasteiger partial charge >= 0.3 is 0 Å². The first kappa shape index (κ1) is 14.0. The first-order valence-corrected chi connectivity index (χ1v) is 8.61. The van der Waals surface area contributed by atoms with Crippen LogP contribution in [0.5, 0.6) is 0 Å². The van der Waals surface area contributed by atoms with Gasteiger partial charge in [0.25, 0.3) is 0 Å². The van der Waals surface area contributed by atoms with Crippen LogP contribution in [0.15, 0.2) is 42.6 Å². The third-order valence-corrected chi connectivity index (χ3v) is 5.51. The highest BCUT2D eigenvalue weighted by Gasteiger charge is 2.39. The molecule has 2 fully saturated rings. The van der Waals surface area contributed by atoms with Crippen molar-refractivity contribution in [2.75, 3.05) is 38.1 Å². The number of anilines is 1. The molecule has 2 aliphatic heterocycles. The molecule has 5 rings (SSSR count). The fourth-order valence-electron chi connectivity index (χ4n) is 4.36. The van der Waals surface area contributed by atoms with Crippen LogP contribution in [0.4, 0.5) is 5.82 Å². The summed E-state index contributed by atoms with van der Waals surface area (Å²) in [5.41, 5.74) is 3.20. The summed E-state index contributed by atoms with van der Waals surface area (Å²) in [6, 6.07) is 12.6. The molecule has 0 radical (unpaired) electrons. The Kier molecular flexibility index (Phi) is 3.10. The summed E-state index contributed by atoms with van der Waals surface area (Å²) in [6.45, 7) is 4.64. The Morgan fingerprint density at radius 3 is 2.54 bits per heavy atom. The topological polar surface area (TPSA) is 48.0 Å². The summed E-state index contributed by atoms with van der Waals surface area (Å²) in [5, 5.41) is 10.2. The highest BCUT2D eigenvalue weighted by molar-refractivity contribution is 5.94. The van der Waals surface area contributed by atoms with E-state index < -0.39 is 0 Å². The van der Waals surface area contributed by atoms with E-state index >= 15 is 0 Å². The third kappa shape index (κ3) is 2.19. The average molecular weight is 319 g/mol. The zero-order valence-electron chi connectivity index (χ0n) is 13.8. The highest BCUT2D eigenvalue weighted by Crippen LogP contribution is 2.33. The van der Waals surface area contributed by atoms with E-state index in [0.29, 0.717) is 0 Å². The van der Waals surface area contributed by atoms with Crippen molar-refractivity contribution in [1.82, 2.24) is 20.1 Å². The van der Waals surface area contributed by atoms with Gasteiger partial charge in [-0.3, -0.25) is 0 Å². The van der Waals surface area contributed by atoms with Gasteiger partial charge in [-0.15, -0.1) is 10.2 Å². The molecule has 0 bridgehead atoms. The van der Waals surface area contributed by atoms with Crippen LogP contribution in [0.2, 0.25) is 0 Å². The van der Waals surface area contributed by atoms with E-state index in [1.165, 1.54) is 18.5 Å². The molecule has 5 nitrogen and oxygen atoms in total. The lowest BCUT2D eigenvalue weighted by Crippen LogP contribution is -2.27. The number of fused-ring (bicyclic) bond motifs is 2. The summed E-state index contributed by atoms with van der Waals surface area (Å²) in [5.74, 6) is 2.58. The Morgan fingerprint density at radius 2 is 1.79 bits per heavy atom. The number of hydrogen-bond donors (Lipinski definition) is 1. The normalized spacial score (nSPS) is 24.0. The summed E-state index contributed by atoms with van der Waals surface area (Å²) in [7, 11) is 2.22. The predicted octanol–water partition coefficient (Wildman–Crippen LogP) is 2.62. The molecule has 2 unspecified atom stereocenters. The summed E-state index contributed by atoms with van der Waals surface area (Å²) >= 11 is 0. The molecule has 2 saturated heterocycles. The molecule has 1 aromatic carbocycles. The number of H-pyrrole nitrogens is 1. The molecule has 24 heavy (non-hydrogen) atoms. The minimum Gasteiger partial charge on any atom is -0.361 e. The Bertz CT molecular complexity index is 855. The Hall–Kier alpha value is -2.40. The summed E-state index contributed by atoms with van der Waals surface area (Å²) in [6.07, 6.45) is 1.97. The van der Waals surface area contributed by atoms with E-state index in [-0.39, 0.29) is 0 Å². The van der Waals surface area contributed by atoms with Crippen LogP contribution in [-0.4, -0.2) is 53.3 Å². The number of likely N-dealkylation sites (tertiary alicyclic amines) is 1. The molecule has 0 aliphatic carbocycles. The molecule has 2 aromatic heterocycles. The fourth-order valence-corrected chi connectivity index (χ4v) is 4.36. The molecule has 0 saturated carbocycles. The molecule has 0 spiro atoms. The smallest absolute Gasteiger partial charge is 0.151 e. The highest BCUT2D eigenvalue weighted by atomic mass is 15.3. The van der Waals surface area contributed by atoms with Gasteiger partial charge in [-0.05, 0) is 43.1 Å². The lowest BCUT2D eigenvalue weighted by atomic mass is 10.0. The molecule has 122 valence electrons. The summed E-state index contributed by atoms with van der Waals surface area (Å²) < 4.78 is 0. The van der Waals surface area contributed by atoms with Gasteiger partial charge in [0.05, 0.1) is 5.69 Å². The van der Waals surface area contributed by atoms with Crippen molar-refractivity contribution in [3.63, 3.8) is 0 Å². The Labute approximate surface area is 141 Å². The van der Waals surface area contributed by atoms with Crippen LogP contribution in [0.3, 0.4) is 0 Å². The van der Waals surface area contributed by atoms with Gasteiger partial charge in [0.1, 0.15) is 0 Å². The van der Waals surface area contributed by atoms with Crippen molar-refractivity contribution in [2.45, 2.75) is 0 Å². The van der Waals surface area contributed by atoms with E-state index in [1.807, 2.05) is 6.20 Å². The molecule has 4 heterocycles. The van der Waals surface area contributed by atoms with Gasteiger partial charge in [0, 0.05) is 48.8 Å². The Balaban J connectivity index is 1.41. The van der Waals surface area contributed by atoms with E-state index in [2.05, 4.69) is 68.4 Å².